The molecule has 0 bridgehead atoms. The van der Waals surface area contributed by atoms with Gasteiger partial charge >= 0.3 is 12.1 Å². The lowest BCUT2D eigenvalue weighted by Crippen LogP contribution is -2.17. The summed E-state index contributed by atoms with van der Waals surface area (Å²) in [4.78, 5) is 26.2. The van der Waals surface area contributed by atoms with Crippen LogP contribution in [0.1, 0.15) is 20.8 Å². The van der Waals surface area contributed by atoms with Crippen molar-refractivity contribution in [2.75, 3.05) is 13.2 Å². The standard InChI is InChI=1S/C10H14N2O5/c1-4-15-9(13)8(5-11)12-17-10(14)16-6-7(2)3/h7H,4,6H2,1-3H3/b12-8+. The Labute approximate surface area is 98.9 Å². The van der Waals surface area contributed by atoms with E-state index in [0.717, 1.165) is 0 Å². The molecule has 0 aromatic carbocycles. The Morgan fingerprint density at radius 2 is 2.00 bits per heavy atom. The molecule has 0 amide bonds. The fraction of sp³-hybridized carbons (Fsp3) is 0.600. The van der Waals surface area contributed by atoms with Gasteiger partial charge in [0, 0.05) is 0 Å². The van der Waals surface area contributed by atoms with E-state index in [1.807, 2.05) is 13.8 Å². The fourth-order valence-corrected chi connectivity index (χ4v) is 0.647. The molecule has 94 valence electrons. The average Bonchev–Trinajstić information content (AvgIpc) is 2.27. The first-order valence-electron chi connectivity index (χ1n) is 5.00. The summed E-state index contributed by atoms with van der Waals surface area (Å²) in [6.45, 7) is 5.52. The van der Waals surface area contributed by atoms with E-state index in [1.54, 1.807) is 6.92 Å². The van der Waals surface area contributed by atoms with Crippen molar-refractivity contribution >= 4 is 17.8 Å². The second-order valence-corrected chi connectivity index (χ2v) is 3.32. The van der Waals surface area contributed by atoms with Crippen LogP contribution >= 0.6 is 0 Å². The number of carbonyl (C=O) groups is 2. The van der Waals surface area contributed by atoms with E-state index in [4.69, 9.17) is 5.26 Å². The number of ether oxygens (including phenoxy) is 2. The molecule has 0 aliphatic carbocycles. The molecular formula is C10H14N2O5. The van der Waals surface area contributed by atoms with Crippen molar-refractivity contribution in [3.63, 3.8) is 0 Å². The molecule has 7 nitrogen and oxygen atoms in total. The first kappa shape index (κ1) is 14.9. The third-order valence-electron chi connectivity index (χ3n) is 1.32. The number of nitrogens with zero attached hydrogens (tertiary/aromatic N) is 2. The van der Waals surface area contributed by atoms with Gasteiger partial charge in [-0.25, -0.2) is 9.59 Å². The Morgan fingerprint density at radius 3 is 2.47 bits per heavy atom. The van der Waals surface area contributed by atoms with Crippen LogP contribution in [-0.4, -0.2) is 31.1 Å². The van der Waals surface area contributed by atoms with Gasteiger partial charge in [-0.15, -0.1) is 0 Å². The van der Waals surface area contributed by atoms with Crippen LogP contribution in [0, 0.1) is 17.2 Å². The minimum atomic E-state index is -1.07. The van der Waals surface area contributed by atoms with Crippen LogP contribution in [0.15, 0.2) is 5.16 Å². The molecule has 0 spiro atoms. The minimum Gasteiger partial charge on any atom is -0.461 e. The lowest BCUT2D eigenvalue weighted by atomic mass is 10.2. The molecule has 0 aliphatic heterocycles. The van der Waals surface area contributed by atoms with Gasteiger partial charge in [-0.2, -0.15) is 5.26 Å². The topological polar surface area (TPSA) is 98.0 Å². The Morgan fingerprint density at radius 1 is 1.35 bits per heavy atom. The third kappa shape index (κ3) is 6.89. The highest BCUT2D eigenvalue weighted by molar-refractivity contribution is 6.42. The van der Waals surface area contributed by atoms with Gasteiger partial charge in [-0.05, 0) is 12.8 Å². The molecule has 0 unspecified atom stereocenters. The second kappa shape index (κ2) is 8.10. The summed E-state index contributed by atoms with van der Waals surface area (Å²) in [6.07, 6.45) is -1.07. The number of rotatable bonds is 5. The van der Waals surface area contributed by atoms with Crippen LogP contribution in [-0.2, 0) is 19.1 Å². The van der Waals surface area contributed by atoms with E-state index in [2.05, 4.69) is 19.5 Å². The normalized spacial score (nSPS) is 10.6. The highest BCUT2D eigenvalue weighted by Gasteiger charge is 2.14. The maximum atomic E-state index is 11.0. The number of oxime groups is 1. The molecule has 7 heteroatoms. The van der Waals surface area contributed by atoms with Crippen molar-refractivity contribution in [3.8, 4) is 6.07 Å². The van der Waals surface area contributed by atoms with Gasteiger partial charge in [0.2, 0.25) is 0 Å². The maximum Gasteiger partial charge on any atom is 0.535 e. The lowest BCUT2D eigenvalue weighted by molar-refractivity contribution is -0.135. The Balaban J connectivity index is 4.24. The predicted octanol–water partition coefficient (Wildman–Crippen LogP) is 1.24. The number of esters is 1. The summed E-state index contributed by atoms with van der Waals surface area (Å²) in [6, 6.07) is 1.45. The highest BCUT2D eigenvalue weighted by atomic mass is 16.8. The summed E-state index contributed by atoms with van der Waals surface area (Å²) >= 11 is 0. The van der Waals surface area contributed by atoms with Crippen LogP contribution in [0.4, 0.5) is 4.79 Å². The number of carbonyl (C=O) groups excluding carboxylic acids is 2. The smallest absolute Gasteiger partial charge is 0.461 e. The van der Waals surface area contributed by atoms with E-state index in [9.17, 15) is 9.59 Å². The van der Waals surface area contributed by atoms with Crippen molar-refractivity contribution in [1.29, 1.82) is 5.26 Å². The molecule has 0 atom stereocenters. The van der Waals surface area contributed by atoms with Crippen molar-refractivity contribution in [3.05, 3.63) is 0 Å². The summed E-state index contributed by atoms with van der Waals surface area (Å²) in [5.41, 5.74) is -0.645. The van der Waals surface area contributed by atoms with Crippen molar-refractivity contribution in [2.24, 2.45) is 11.1 Å². The molecule has 0 N–H and O–H groups in total. The number of hydrogen-bond acceptors (Lipinski definition) is 7. The van der Waals surface area contributed by atoms with E-state index in [-0.39, 0.29) is 19.1 Å². The van der Waals surface area contributed by atoms with Gasteiger partial charge in [0.05, 0.1) is 13.2 Å². The Bertz CT molecular complexity index is 343. The van der Waals surface area contributed by atoms with Crippen LogP contribution in [0.3, 0.4) is 0 Å². The number of hydrogen-bond donors (Lipinski definition) is 0. The van der Waals surface area contributed by atoms with Gasteiger partial charge in [0.1, 0.15) is 6.07 Å². The van der Waals surface area contributed by atoms with E-state index in [0.29, 0.717) is 0 Å². The predicted molar refractivity (Wildman–Crippen MR) is 57.0 cm³/mol. The second-order valence-electron chi connectivity index (χ2n) is 3.32. The average molecular weight is 242 g/mol. The summed E-state index contributed by atoms with van der Waals surface area (Å²) < 4.78 is 9.11. The molecule has 0 saturated heterocycles. The zero-order valence-electron chi connectivity index (χ0n) is 9.93. The molecule has 0 aromatic heterocycles. The van der Waals surface area contributed by atoms with Crippen molar-refractivity contribution < 1.29 is 23.9 Å². The van der Waals surface area contributed by atoms with E-state index in [1.165, 1.54) is 6.07 Å². The molecule has 17 heavy (non-hydrogen) atoms. The Kier molecular flexibility index (Phi) is 7.10. The summed E-state index contributed by atoms with van der Waals surface area (Å²) in [7, 11) is 0. The van der Waals surface area contributed by atoms with Gasteiger partial charge in [-0.1, -0.05) is 19.0 Å². The molecule has 0 saturated carbocycles. The largest absolute Gasteiger partial charge is 0.535 e. The van der Waals surface area contributed by atoms with Crippen LogP contribution in [0.5, 0.6) is 0 Å². The molecular weight excluding hydrogens is 228 g/mol. The van der Waals surface area contributed by atoms with Gasteiger partial charge < -0.3 is 9.47 Å². The minimum absolute atomic E-state index is 0.0946. The summed E-state index contributed by atoms with van der Waals surface area (Å²) in [5, 5.41) is 11.6. The van der Waals surface area contributed by atoms with E-state index < -0.39 is 17.8 Å². The Hall–Kier alpha value is -2.10. The van der Waals surface area contributed by atoms with Crippen molar-refractivity contribution in [1.82, 2.24) is 0 Å². The maximum absolute atomic E-state index is 11.0. The van der Waals surface area contributed by atoms with Gasteiger partial charge in [-0.3, -0.25) is 4.84 Å². The third-order valence-corrected chi connectivity index (χ3v) is 1.32. The zero-order chi connectivity index (χ0) is 13.3. The molecule has 0 heterocycles. The lowest BCUT2D eigenvalue weighted by Gasteiger charge is -2.04. The first-order valence-corrected chi connectivity index (χ1v) is 5.00. The van der Waals surface area contributed by atoms with Crippen LogP contribution in [0.25, 0.3) is 0 Å². The van der Waals surface area contributed by atoms with Crippen molar-refractivity contribution in [2.45, 2.75) is 20.8 Å². The van der Waals surface area contributed by atoms with E-state index >= 15 is 0 Å². The molecule has 0 rings (SSSR count). The summed E-state index contributed by atoms with van der Waals surface area (Å²) in [5.74, 6) is -0.807. The highest BCUT2D eigenvalue weighted by Crippen LogP contribution is 1.96. The van der Waals surface area contributed by atoms with Gasteiger partial charge in [0.25, 0.3) is 5.71 Å². The molecule has 0 aromatic rings. The molecule has 0 aliphatic rings. The number of nitriles is 1. The van der Waals surface area contributed by atoms with Gasteiger partial charge in [0.15, 0.2) is 0 Å². The van der Waals surface area contributed by atoms with Crippen LogP contribution in [0.2, 0.25) is 0 Å². The molecule has 0 radical (unpaired) electrons. The first-order chi connectivity index (χ1) is 8.01. The quantitative estimate of drug-likeness (QED) is 0.311. The molecule has 0 fully saturated rings. The zero-order valence-corrected chi connectivity index (χ0v) is 9.93. The fourth-order valence-electron chi connectivity index (χ4n) is 0.647. The monoisotopic (exact) mass is 242 g/mol. The SMILES string of the molecule is CCOC(=O)/C(C#N)=N/OC(=O)OCC(C)C. The van der Waals surface area contributed by atoms with Crippen LogP contribution < -0.4 is 0 Å².